The van der Waals surface area contributed by atoms with Crippen molar-refractivity contribution in [2.75, 3.05) is 20.1 Å². The van der Waals surface area contributed by atoms with Gasteiger partial charge in [-0.05, 0) is 93.8 Å². The Morgan fingerprint density at radius 1 is 0.846 bits per heavy atom. The average Bonchev–Trinajstić information content (AvgIpc) is 3.77. The summed E-state index contributed by atoms with van der Waals surface area (Å²) in [4.78, 5) is 112. The molecule has 0 saturated carbocycles. The van der Waals surface area contributed by atoms with Gasteiger partial charge in [-0.25, -0.2) is 0 Å². The Morgan fingerprint density at radius 3 is 2.20 bits per heavy atom. The quantitative estimate of drug-likeness (QED) is 0.0842. The fraction of sp³-hybridized carbons (Fsp3) is 0.608. The number of nitrogens with one attached hydrogen (secondary N) is 1. The fourth-order valence-corrected chi connectivity index (χ4v) is 9.23. The van der Waals surface area contributed by atoms with Gasteiger partial charge in [-0.2, -0.15) is 0 Å². The monoisotopic (exact) mass is 901 g/mol. The lowest BCUT2D eigenvalue weighted by molar-refractivity contribution is -0.144. The number of phenols is 2. The van der Waals surface area contributed by atoms with Crippen LogP contribution >= 0.6 is 0 Å². The zero-order valence-corrected chi connectivity index (χ0v) is 39.2. The zero-order chi connectivity index (χ0) is 47.8. The highest BCUT2D eigenvalue weighted by atomic mass is 16.3. The van der Waals surface area contributed by atoms with E-state index in [1.807, 2.05) is 0 Å². The molecule has 0 aromatic heterocycles. The van der Waals surface area contributed by atoms with E-state index in [0.29, 0.717) is 75.6 Å². The van der Waals surface area contributed by atoms with Crippen LogP contribution in [0.15, 0.2) is 36.4 Å². The predicted molar refractivity (Wildman–Crippen MR) is 248 cm³/mol. The van der Waals surface area contributed by atoms with Crippen molar-refractivity contribution >= 4 is 46.6 Å². The molecule has 6 atom stereocenters. The molecule has 1 unspecified atom stereocenters. The second-order valence-corrected chi connectivity index (χ2v) is 18.5. The lowest BCUT2D eigenvalue weighted by Crippen LogP contribution is -2.47. The van der Waals surface area contributed by atoms with Crippen LogP contribution in [0.2, 0.25) is 0 Å². The molecule has 4 bridgehead atoms. The summed E-state index contributed by atoms with van der Waals surface area (Å²) in [5, 5.41) is 25.2. The summed E-state index contributed by atoms with van der Waals surface area (Å²) in [5.41, 5.74) is 6.96. The molecule has 1 saturated heterocycles. The van der Waals surface area contributed by atoms with Gasteiger partial charge < -0.3 is 31.1 Å². The van der Waals surface area contributed by atoms with Gasteiger partial charge in [0, 0.05) is 81.0 Å². The smallest absolute Gasteiger partial charge is 0.226 e. The van der Waals surface area contributed by atoms with Crippen molar-refractivity contribution in [1.82, 2.24) is 15.1 Å². The van der Waals surface area contributed by atoms with E-state index in [2.05, 4.69) is 12.2 Å². The molecule has 14 heteroatoms. The Hall–Kier alpha value is -5.24. The van der Waals surface area contributed by atoms with E-state index >= 15 is 0 Å². The van der Waals surface area contributed by atoms with Gasteiger partial charge in [-0.1, -0.05) is 65.0 Å². The average molecular weight is 901 g/mol. The number of nitrogens with two attached hydrogens (primary N) is 1. The van der Waals surface area contributed by atoms with Gasteiger partial charge in [0.1, 0.15) is 29.1 Å². The van der Waals surface area contributed by atoms with Crippen LogP contribution in [-0.4, -0.2) is 98.9 Å². The third-order valence-electron chi connectivity index (χ3n) is 13.1. The van der Waals surface area contributed by atoms with Gasteiger partial charge in [-0.15, -0.1) is 0 Å². The highest BCUT2D eigenvalue weighted by Gasteiger charge is 2.38. The van der Waals surface area contributed by atoms with Gasteiger partial charge in [0.15, 0.2) is 17.3 Å². The van der Waals surface area contributed by atoms with E-state index in [1.54, 1.807) is 26.0 Å². The van der Waals surface area contributed by atoms with Crippen LogP contribution in [0.1, 0.15) is 154 Å². The molecule has 2 heterocycles. The number of Topliss-reactive ketones (excluding diaryl/α,β-unsaturated/α-hetero) is 5. The van der Waals surface area contributed by atoms with Crippen molar-refractivity contribution in [3.8, 4) is 22.6 Å². The van der Waals surface area contributed by atoms with Gasteiger partial charge >= 0.3 is 0 Å². The molecule has 356 valence electrons. The van der Waals surface area contributed by atoms with Gasteiger partial charge in [0.05, 0.1) is 12.1 Å². The summed E-state index contributed by atoms with van der Waals surface area (Å²) in [6.07, 6.45) is 8.57. The topological polar surface area (TPSA) is 222 Å². The molecule has 65 heavy (non-hydrogen) atoms. The molecule has 0 aliphatic carbocycles. The predicted octanol–water partition coefficient (Wildman–Crippen LogP) is 6.88. The number of hydrogen-bond donors (Lipinski definition) is 4. The first kappa shape index (κ1) is 52.4. The Bertz CT molecular complexity index is 2030. The lowest BCUT2D eigenvalue weighted by atomic mass is 9.87. The number of likely N-dealkylation sites (N-methyl/N-ethyl adjacent to an activating group) is 1. The highest BCUT2D eigenvalue weighted by Crippen LogP contribution is 2.40. The molecule has 0 radical (unpaired) electrons. The fourth-order valence-electron chi connectivity index (χ4n) is 9.23. The molecule has 4 rings (SSSR count). The number of phenolic OH excluding ortho intramolecular Hbond substituents is 2. The first-order valence-electron chi connectivity index (χ1n) is 23.8. The number of benzene rings is 2. The van der Waals surface area contributed by atoms with Crippen molar-refractivity contribution in [2.24, 2.45) is 23.5 Å². The number of ketones is 5. The summed E-state index contributed by atoms with van der Waals surface area (Å²) in [6.45, 7) is 7.55. The number of rotatable bonds is 23. The number of carbonyl (C=O) groups is 8. The second kappa shape index (κ2) is 25.5. The maximum Gasteiger partial charge on any atom is 0.226 e. The van der Waals surface area contributed by atoms with E-state index in [-0.39, 0.29) is 78.0 Å². The normalized spacial score (nSPS) is 19.8. The molecule has 14 nitrogen and oxygen atoms in total. The van der Waals surface area contributed by atoms with Crippen molar-refractivity contribution < 1.29 is 48.6 Å². The minimum Gasteiger partial charge on any atom is -0.507 e. The van der Waals surface area contributed by atoms with E-state index < -0.39 is 59.3 Å². The highest BCUT2D eigenvalue weighted by molar-refractivity contribution is 5.97. The number of fused-ring (bicyclic) bond motifs is 5. The van der Waals surface area contributed by atoms with E-state index in [9.17, 15) is 48.6 Å². The van der Waals surface area contributed by atoms with E-state index in [4.69, 9.17) is 5.73 Å². The molecule has 2 aromatic carbocycles. The number of amides is 3. The van der Waals surface area contributed by atoms with Crippen LogP contribution in [0.4, 0.5) is 0 Å². The molecule has 1 fully saturated rings. The minimum atomic E-state index is -1.28. The maximum atomic E-state index is 14.6. The molecule has 0 spiro atoms. The van der Waals surface area contributed by atoms with Crippen LogP contribution in [0, 0.1) is 17.8 Å². The van der Waals surface area contributed by atoms with E-state index in [0.717, 1.165) is 32.1 Å². The molecule has 2 aliphatic rings. The maximum absolute atomic E-state index is 14.6. The standard InChI is InChI=1S/C51H72N4O10/c1-6-7-8-9-10-16-38(57)17-13-18-39(58)30-37(15-11-12-24-52)51(65)54(5)48-36-21-23-45(60)41(31-36)40-28-35(20-22-44(40)59)29-42(53-49(63)32(2)26-47(48)62)46(61)27-33(3)50(64)55-25-14-19-43(55)34(4)56/h20-23,28,31-33,37,42-43,48,59-60H,6-19,24-27,29-30,52H2,1-5H3,(H,53,63)/t32-,33-,37-,42+,43?,48+/m1/s1. The van der Waals surface area contributed by atoms with Crippen LogP contribution in [-0.2, 0) is 44.8 Å². The Morgan fingerprint density at radius 2 is 1.51 bits per heavy atom. The third-order valence-corrected chi connectivity index (χ3v) is 13.1. The summed E-state index contributed by atoms with van der Waals surface area (Å²) in [5.74, 6) is -5.48. The van der Waals surface area contributed by atoms with Crippen molar-refractivity contribution in [3.05, 3.63) is 47.5 Å². The molecule has 2 aliphatic heterocycles. The number of hydrogen-bond acceptors (Lipinski definition) is 11. The third kappa shape index (κ3) is 14.9. The largest absolute Gasteiger partial charge is 0.507 e. The number of nitrogens with zero attached hydrogens (tertiary/aromatic N) is 2. The Balaban J connectivity index is 1.61. The number of unbranched alkanes of at least 4 members (excludes halogenated alkanes) is 5. The van der Waals surface area contributed by atoms with Crippen molar-refractivity contribution in [3.63, 3.8) is 0 Å². The summed E-state index contributed by atoms with van der Waals surface area (Å²) in [7, 11) is 1.47. The van der Waals surface area contributed by atoms with E-state index in [1.165, 1.54) is 48.0 Å². The zero-order valence-electron chi connectivity index (χ0n) is 39.2. The van der Waals surface area contributed by atoms with Crippen LogP contribution in [0.25, 0.3) is 11.1 Å². The van der Waals surface area contributed by atoms with Crippen LogP contribution in [0.3, 0.4) is 0 Å². The van der Waals surface area contributed by atoms with Crippen molar-refractivity contribution in [1.29, 1.82) is 0 Å². The van der Waals surface area contributed by atoms with Crippen LogP contribution in [0.5, 0.6) is 11.5 Å². The number of likely N-dealkylation sites (tertiary alicyclic amines) is 1. The molecule has 2 aromatic rings. The second-order valence-electron chi connectivity index (χ2n) is 18.5. The van der Waals surface area contributed by atoms with Crippen LogP contribution < -0.4 is 11.1 Å². The Kier molecular flexibility index (Phi) is 20.5. The van der Waals surface area contributed by atoms with Crippen molar-refractivity contribution in [2.45, 2.75) is 161 Å². The summed E-state index contributed by atoms with van der Waals surface area (Å²) >= 11 is 0. The minimum absolute atomic E-state index is 0.0285. The SMILES string of the molecule is CCCCCCCC(=O)CCCC(=O)C[C@@H](CCCCN)C(=O)N(C)[C@@H]1C(=O)C[C@@H](C)C(=O)N[C@H](C(=O)C[C@@H](C)C(=O)N2CCCC2C(C)=O)Cc2ccc(O)c(c2)-c2cc1ccc2O. The van der Waals surface area contributed by atoms with Gasteiger partial charge in [-0.3, -0.25) is 38.4 Å². The summed E-state index contributed by atoms with van der Waals surface area (Å²) < 4.78 is 0. The molecule has 3 amide bonds. The summed E-state index contributed by atoms with van der Waals surface area (Å²) in [6, 6.07) is 6.02. The Labute approximate surface area is 384 Å². The first-order valence-corrected chi connectivity index (χ1v) is 23.8. The number of carbonyl (C=O) groups excluding carboxylic acids is 8. The number of aromatic hydroxyl groups is 2. The molecule has 5 N–H and O–H groups in total. The molecular formula is C51H72N4O10. The lowest BCUT2D eigenvalue weighted by Gasteiger charge is -2.32. The first-order chi connectivity index (χ1) is 31.0. The van der Waals surface area contributed by atoms with Gasteiger partial charge in [0.25, 0.3) is 0 Å². The molecular weight excluding hydrogens is 829 g/mol. The van der Waals surface area contributed by atoms with Gasteiger partial charge in [0.2, 0.25) is 17.7 Å².